The first-order valence-electron chi connectivity index (χ1n) is 5.13. The third-order valence-electron chi connectivity index (χ3n) is 2.15. The minimum absolute atomic E-state index is 0.818. The summed E-state index contributed by atoms with van der Waals surface area (Å²) >= 11 is 5.36. The molecule has 0 fully saturated rings. The largest absolute Gasteiger partial charge is 0.398 e. The SMILES string of the molecule is C=CCSCCNc1cc(C)c(N)cc1Br. The molecule has 0 aliphatic carbocycles. The highest BCUT2D eigenvalue weighted by Crippen LogP contribution is 2.27. The molecule has 0 aromatic heterocycles. The monoisotopic (exact) mass is 300 g/mol. The summed E-state index contributed by atoms with van der Waals surface area (Å²) in [5.74, 6) is 2.07. The highest BCUT2D eigenvalue weighted by atomic mass is 79.9. The van der Waals surface area contributed by atoms with Gasteiger partial charge in [-0.15, -0.1) is 6.58 Å². The van der Waals surface area contributed by atoms with Gasteiger partial charge in [-0.25, -0.2) is 0 Å². The van der Waals surface area contributed by atoms with E-state index in [1.165, 1.54) is 0 Å². The van der Waals surface area contributed by atoms with E-state index in [0.29, 0.717) is 0 Å². The molecule has 0 saturated heterocycles. The highest BCUT2D eigenvalue weighted by Gasteiger charge is 2.02. The number of benzene rings is 1. The van der Waals surface area contributed by atoms with Crippen LogP contribution in [0.3, 0.4) is 0 Å². The summed E-state index contributed by atoms with van der Waals surface area (Å²) in [6.45, 7) is 6.65. The first kappa shape index (κ1) is 13.5. The summed E-state index contributed by atoms with van der Waals surface area (Å²) in [6, 6.07) is 4.01. The summed E-state index contributed by atoms with van der Waals surface area (Å²) < 4.78 is 1.02. The molecule has 0 atom stereocenters. The predicted octanol–water partition coefficient (Wildman–Crippen LogP) is 3.67. The van der Waals surface area contributed by atoms with Crippen molar-refractivity contribution in [3.8, 4) is 0 Å². The van der Waals surface area contributed by atoms with E-state index < -0.39 is 0 Å². The maximum atomic E-state index is 5.81. The van der Waals surface area contributed by atoms with Crippen molar-refractivity contribution < 1.29 is 0 Å². The number of nitrogen functional groups attached to an aromatic ring is 1. The Bertz CT molecular complexity index is 366. The Kier molecular flexibility index (Phi) is 5.77. The molecule has 0 aliphatic heterocycles. The van der Waals surface area contributed by atoms with Crippen molar-refractivity contribution in [1.29, 1.82) is 0 Å². The van der Waals surface area contributed by atoms with E-state index >= 15 is 0 Å². The van der Waals surface area contributed by atoms with Gasteiger partial charge in [0.2, 0.25) is 0 Å². The fraction of sp³-hybridized carbons (Fsp3) is 0.333. The number of halogens is 1. The quantitative estimate of drug-likeness (QED) is 0.478. The number of nitrogens with one attached hydrogen (secondary N) is 1. The Morgan fingerprint density at radius 2 is 2.31 bits per heavy atom. The van der Waals surface area contributed by atoms with Crippen molar-refractivity contribution in [2.24, 2.45) is 0 Å². The summed E-state index contributed by atoms with van der Waals surface area (Å²) in [5.41, 5.74) is 8.83. The van der Waals surface area contributed by atoms with Crippen LogP contribution in [0.2, 0.25) is 0 Å². The highest BCUT2D eigenvalue weighted by molar-refractivity contribution is 9.10. The van der Waals surface area contributed by atoms with E-state index in [1.54, 1.807) is 0 Å². The summed E-state index contributed by atoms with van der Waals surface area (Å²) in [4.78, 5) is 0. The zero-order valence-electron chi connectivity index (χ0n) is 9.42. The molecule has 0 amide bonds. The lowest BCUT2D eigenvalue weighted by atomic mass is 10.2. The molecule has 0 spiro atoms. The van der Waals surface area contributed by atoms with Gasteiger partial charge in [0.25, 0.3) is 0 Å². The molecule has 1 rings (SSSR count). The topological polar surface area (TPSA) is 38.0 Å². The normalized spacial score (nSPS) is 10.1. The molecule has 16 heavy (non-hydrogen) atoms. The lowest BCUT2D eigenvalue weighted by Crippen LogP contribution is -2.05. The molecule has 0 aliphatic rings. The second kappa shape index (κ2) is 6.86. The van der Waals surface area contributed by atoms with Crippen LogP contribution < -0.4 is 11.1 Å². The number of aryl methyl sites for hydroxylation is 1. The number of hydrogen-bond acceptors (Lipinski definition) is 3. The van der Waals surface area contributed by atoms with Crippen LogP contribution in [0.1, 0.15) is 5.56 Å². The second-order valence-corrected chi connectivity index (χ2v) is 5.48. The lowest BCUT2D eigenvalue weighted by molar-refractivity contribution is 1.22. The Morgan fingerprint density at radius 3 is 3.00 bits per heavy atom. The summed E-state index contributed by atoms with van der Waals surface area (Å²) in [5, 5.41) is 3.38. The molecule has 1 aromatic carbocycles. The molecule has 0 heterocycles. The van der Waals surface area contributed by atoms with E-state index in [0.717, 1.165) is 39.5 Å². The Balaban J connectivity index is 2.47. The van der Waals surface area contributed by atoms with Crippen molar-refractivity contribution in [3.05, 3.63) is 34.8 Å². The Labute approximate surface area is 110 Å². The van der Waals surface area contributed by atoms with Gasteiger partial charge >= 0.3 is 0 Å². The Hall–Kier alpha value is -0.610. The second-order valence-electron chi connectivity index (χ2n) is 3.48. The average Bonchev–Trinajstić information content (AvgIpc) is 2.25. The fourth-order valence-electron chi connectivity index (χ4n) is 1.26. The van der Waals surface area contributed by atoms with Crippen LogP contribution in [-0.2, 0) is 0 Å². The van der Waals surface area contributed by atoms with Gasteiger partial charge in [0.1, 0.15) is 0 Å². The zero-order chi connectivity index (χ0) is 12.0. The third kappa shape index (κ3) is 4.10. The molecule has 0 bridgehead atoms. The van der Waals surface area contributed by atoms with Gasteiger partial charge in [-0.2, -0.15) is 11.8 Å². The number of nitrogens with two attached hydrogens (primary N) is 1. The van der Waals surface area contributed by atoms with Crippen LogP contribution in [0.5, 0.6) is 0 Å². The first-order chi connectivity index (χ1) is 7.65. The number of thioether (sulfide) groups is 1. The molecular formula is C12H17BrN2S. The van der Waals surface area contributed by atoms with E-state index in [-0.39, 0.29) is 0 Å². The van der Waals surface area contributed by atoms with E-state index in [4.69, 9.17) is 5.73 Å². The van der Waals surface area contributed by atoms with Crippen molar-refractivity contribution in [2.45, 2.75) is 6.92 Å². The molecule has 88 valence electrons. The van der Waals surface area contributed by atoms with Gasteiger partial charge in [0.05, 0.1) is 0 Å². The van der Waals surface area contributed by atoms with Crippen LogP contribution >= 0.6 is 27.7 Å². The molecular weight excluding hydrogens is 284 g/mol. The minimum Gasteiger partial charge on any atom is -0.398 e. The van der Waals surface area contributed by atoms with Crippen molar-refractivity contribution >= 4 is 39.1 Å². The van der Waals surface area contributed by atoms with Crippen LogP contribution in [-0.4, -0.2) is 18.1 Å². The van der Waals surface area contributed by atoms with Crippen molar-refractivity contribution in [1.82, 2.24) is 0 Å². The predicted molar refractivity (Wildman–Crippen MR) is 79.3 cm³/mol. The van der Waals surface area contributed by atoms with Gasteiger partial charge in [-0.05, 0) is 40.5 Å². The van der Waals surface area contributed by atoms with Crippen LogP contribution in [0.4, 0.5) is 11.4 Å². The Morgan fingerprint density at radius 1 is 1.56 bits per heavy atom. The van der Waals surface area contributed by atoms with E-state index in [2.05, 4.69) is 33.9 Å². The third-order valence-corrected chi connectivity index (χ3v) is 3.77. The fourth-order valence-corrected chi connectivity index (χ4v) is 2.34. The maximum absolute atomic E-state index is 5.81. The molecule has 0 radical (unpaired) electrons. The van der Waals surface area contributed by atoms with E-state index in [1.807, 2.05) is 30.8 Å². The molecule has 0 saturated carbocycles. The van der Waals surface area contributed by atoms with Gasteiger partial charge in [-0.1, -0.05) is 6.08 Å². The van der Waals surface area contributed by atoms with Gasteiger partial charge in [-0.3, -0.25) is 0 Å². The van der Waals surface area contributed by atoms with Crippen LogP contribution in [0.15, 0.2) is 29.3 Å². The van der Waals surface area contributed by atoms with Gasteiger partial charge in [0, 0.05) is 33.9 Å². The van der Waals surface area contributed by atoms with E-state index in [9.17, 15) is 0 Å². The summed E-state index contributed by atoms with van der Waals surface area (Å²) in [6.07, 6.45) is 1.92. The van der Waals surface area contributed by atoms with Crippen molar-refractivity contribution in [2.75, 3.05) is 29.1 Å². The summed E-state index contributed by atoms with van der Waals surface area (Å²) in [7, 11) is 0. The first-order valence-corrected chi connectivity index (χ1v) is 7.08. The molecule has 4 heteroatoms. The number of anilines is 2. The molecule has 0 unspecified atom stereocenters. The number of rotatable bonds is 6. The number of hydrogen-bond donors (Lipinski definition) is 2. The smallest absolute Gasteiger partial charge is 0.0489 e. The maximum Gasteiger partial charge on any atom is 0.0489 e. The van der Waals surface area contributed by atoms with Crippen LogP contribution in [0, 0.1) is 6.92 Å². The molecule has 3 N–H and O–H groups in total. The molecule has 2 nitrogen and oxygen atoms in total. The minimum atomic E-state index is 0.818. The average molecular weight is 301 g/mol. The molecule has 1 aromatic rings. The zero-order valence-corrected chi connectivity index (χ0v) is 11.8. The van der Waals surface area contributed by atoms with Crippen LogP contribution in [0.25, 0.3) is 0 Å². The standard InChI is InChI=1S/C12H17BrN2S/c1-3-5-16-6-4-15-12-7-9(2)11(14)8-10(12)13/h3,7-8,15H,1,4-6,14H2,2H3. The van der Waals surface area contributed by atoms with Gasteiger partial charge in [0.15, 0.2) is 0 Å². The van der Waals surface area contributed by atoms with Gasteiger partial charge < -0.3 is 11.1 Å². The van der Waals surface area contributed by atoms with Crippen molar-refractivity contribution in [3.63, 3.8) is 0 Å². The lowest BCUT2D eigenvalue weighted by Gasteiger charge is -2.10.